The number of nitrogens with one attached hydrogen (secondary N) is 1. The minimum absolute atomic E-state index is 0.0811. The van der Waals surface area contributed by atoms with Gasteiger partial charge in [-0.1, -0.05) is 29.3 Å². The van der Waals surface area contributed by atoms with Crippen molar-refractivity contribution in [1.29, 1.82) is 0 Å². The third-order valence-corrected chi connectivity index (χ3v) is 5.09. The van der Waals surface area contributed by atoms with Crippen LogP contribution in [0.4, 0.5) is 0 Å². The number of carbonyl (C=O) groups excluding carboxylic acids is 2. The average Bonchev–Trinajstić information content (AvgIpc) is 2.90. The first kappa shape index (κ1) is 18.4. The van der Waals surface area contributed by atoms with Crippen LogP contribution in [0.2, 0.25) is 10.0 Å². The Kier molecular flexibility index (Phi) is 5.87. The number of rotatable bonds is 3. The molecule has 126 valence electrons. The van der Waals surface area contributed by atoms with Gasteiger partial charge in [0, 0.05) is 11.3 Å². The number of carbonyl (C=O) groups is 2. The van der Waals surface area contributed by atoms with Crippen molar-refractivity contribution in [2.45, 2.75) is 38.8 Å². The fraction of sp³-hybridized carbons (Fsp3) is 0.500. The third-order valence-electron chi connectivity index (χ3n) is 3.34. The SMILES string of the molecule is CC(C)(C)NC(=O)C1CSCN1C(=O)Cc1ccc(Cl)c(Cl)c1. The van der Waals surface area contributed by atoms with Crippen molar-refractivity contribution in [3.05, 3.63) is 33.8 Å². The van der Waals surface area contributed by atoms with Gasteiger partial charge in [-0.15, -0.1) is 11.8 Å². The van der Waals surface area contributed by atoms with Crippen molar-refractivity contribution >= 4 is 46.8 Å². The molecule has 7 heteroatoms. The third kappa shape index (κ3) is 5.03. The molecule has 0 radical (unpaired) electrons. The molecule has 2 rings (SSSR count). The van der Waals surface area contributed by atoms with Crippen LogP contribution in [-0.4, -0.2) is 39.9 Å². The van der Waals surface area contributed by atoms with Crippen LogP contribution < -0.4 is 5.32 Å². The van der Waals surface area contributed by atoms with Crippen molar-refractivity contribution in [2.75, 3.05) is 11.6 Å². The molecule has 1 aromatic rings. The molecule has 1 aliphatic rings. The molecule has 0 bridgehead atoms. The van der Waals surface area contributed by atoms with Crippen LogP contribution in [-0.2, 0) is 16.0 Å². The predicted octanol–water partition coefficient (Wildman–Crippen LogP) is 3.35. The molecule has 1 aromatic carbocycles. The minimum atomic E-state index is -0.422. The van der Waals surface area contributed by atoms with E-state index in [1.54, 1.807) is 34.9 Å². The fourth-order valence-electron chi connectivity index (χ4n) is 2.28. The second-order valence-corrected chi connectivity index (χ2v) is 8.36. The van der Waals surface area contributed by atoms with Crippen LogP contribution in [0.25, 0.3) is 0 Å². The second-order valence-electron chi connectivity index (χ2n) is 6.54. The van der Waals surface area contributed by atoms with Crippen LogP contribution in [0.15, 0.2) is 18.2 Å². The van der Waals surface area contributed by atoms with Gasteiger partial charge in [-0.05, 0) is 38.5 Å². The zero-order chi connectivity index (χ0) is 17.2. The highest BCUT2D eigenvalue weighted by atomic mass is 35.5. The first-order chi connectivity index (χ1) is 10.7. The highest BCUT2D eigenvalue weighted by molar-refractivity contribution is 7.99. The molecule has 1 atom stereocenters. The predicted molar refractivity (Wildman–Crippen MR) is 96.0 cm³/mol. The lowest BCUT2D eigenvalue weighted by Crippen LogP contribution is -2.52. The van der Waals surface area contributed by atoms with E-state index < -0.39 is 6.04 Å². The van der Waals surface area contributed by atoms with Gasteiger partial charge >= 0.3 is 0 Å². The Balaban J connectivity index is 2.05. The number of hydrogen-bond acceptors (Lipinski definition) is 3. The lowest BCUT2D eigenvalue weighted by molar-refractivity contribution is -0.138. The van der Waals surface area contributed by atoms with E-state index in [1.807, 2.05) is 20.8 Å². The topological polar surface area (TPSA) is 49.4 Å². The van der Waals surface area contributed by atoms with E-state index in [4.69, 9.17) is 23.2 Å². The maximum atomic E-state index is 12.5. The van der Waals surface area contributed by atoms with Gasteiger partial charge < -0.3 is 10.2 Å². The summed E-state index contributed by atoms with van der Waals surface area (Å²) in [5.74, 6) is 0.963. The van der Waals surface area contributed by atoms with Gasteiger partial charge in [-0.25, -0.2) is 0 Å². The van der Waals surface area contributed by atoms with E-state index in [0.717, 1.165) is 5.56 Å². The van der Waals surface area contributed by atoms with Crippen LogP contribution in [0, 0.1) is 0 Å². The molecule has 23 heavy (non-hydrogen) atoms. The van der Waals surface area contributed by atoms with Crippen LogP contribution >= 0.6 is 35.0 Å². The summed E-state index contributed by atoms with van der Waals surface area (Å²) in [4.78, 5) is 26.6. The van der Waals surface area contributed by atoms with E-state index in [0.29, 0.717) is 21.7 Å². The Morgan fingerprint density at radius 3 is 2.61 bits per heavy atom. The van der Waals surface area contributed by atoms with Gasteiger partial charge in [0.05, 0.1) is 22.3 Å². The first-order valence-corrected chi connectivity index (χ1v) is 9.21. The van der Waals surface area contributed by atoms with Crippen molar-refractivity contribution < 1.29 is 9.59 Å². The highest BCUT2D eigenvalue weighted by Crippen LogP contribution is 2.25. The Bertz CT molecular complexity index is 617. The standard InChI is InChI=1S/C16H20Cl2N2O2S/c1-16(2,3)19-15(22)13-8-23-9-20(13)14(21)7-10-4-5-11(17)12(18)6-10/h4-6,13H,7-9H2,1-3H3,(H,19,22). The Labute approximate surface area is 150 Å². The van der Waals surface area contributed by atoms with Crippen molar-refractivity contribution in [2.24, 2.45) is 0 Å². The molecule has 1 aliphatic heterocycles. The molecule has 1 saturated heterocycles. The zero-order valence-corrected chi connectivity index (χ0v) is 15.7. The second kappa shape index (κ2) is 7.32. The number of nitrogens with zero attached hydrogens (tertiary/aromatic N) is 1. The van der Waals surface area contributed by atoms with Gasteiger partial charge in [-0.3, -0.25) is 9.59 Å². The molecule has 1 unspecified atom stereocenters. The largest absolute Gasteiger partial charge is 0.350 e. The Hall–Kier alpha value is -0.910. The lowest BCUT2D eigenvalue weighted by Gasteiger charge is -2.27. The summed E-state index contributed by atoms with van der Waals surface area (Å²) in [7, 11) is 0. The van der Waals surface area contributed by atoms with Gasteiger partial charge in [0.2, 0.25) is 11.8 Å². The molecular weight excluding hydrogens is 355 g/mol. The molecule has 0 aromatic heterocycles. The molecule has 1 N–H and O–H groups in total. The van der Waals surface area contributed by atoms with Gasteiger partial charge in [-0.2, -0.15) is 0 Å². The number of amides is 2. The minimum Gasteiger partial charge on any atom is -0.350 e. The first-order valence-electron chi connectivity index (χ1n) is 7.30. The lowest BCUT2D eigenvalue weighted by atomic mass is 10.1. The molecule has 4 nitrogen and oxygen atoms in total. The summed E-state index contributed by atoms with van der Waals surface area (Å²) in [6.45, 7) is 5.78. The van der Waals surface area contributed by atoms with Crippen LogP contribution in [0.1, 0.15) is 26.3 Å². The monoisotopic (exact) mass is 374 g/mol. The summed E-state index contributed by atoms with van der Waals surface area (Å²) < 4.78 is 0. The van der Waals surface area contributed by atoms with Gasteiger partial charge in [0.15, 0.2) is 0 Å². The molecule has 1 heterocycles. The summed E-state index contributed by atoms with van der Waals surface area (Å²) >= 11 is 13.5. The van der Waals surface area contributed by atoms with Gasteiger partial charge in [0.1, 0.15) is 6.04 Å². The normalized spacial score (nSPS) is 18.1. The summed E-state index contributed by atoms with van der Waals surface area (Å²) in [6.07, 6.45) is 0.205. The number of hydrogen-bond donors (Lipinski definition) is 1. The fourth-order valence-corrected chi connectivity index (χ4v) is 3.79. The highest BCUT2D eigenvalue weighted by Gasteiger charge is 2.35. The maximum Gasteiger partial charge on any atom is 0.244 e. The molecule has 1 fully saturated rings. The molecule has 0 aliphatic carbocycles. The number of thioether (sulfide) groups is 1. The van der Waals surface area contributed by atoms with E-state index in [1.165, 1.54) is 0 Å². The molecule has 2 amide bonds. The van der Waals surface area contributed by atoms with Crippen LogP contribution in [0.5, 0.6) is 0 Å². The average molecular weight is 375 g/mol. The van der Waals surface area contributed by atoms with Gasteiger partial charge in [0.25, 0.3) is 0 Å². The Morgan fingerprint density at radius 1 is 1.30 bits per heavy atom. The summed E-state index contributed by atoms with van der Waals surface area (Å²) in [5, 5.41) is 3.83. The Morgan fingerprint density at radius 2 is 2.00 bits per heavy atom. The van der Waals surface area contributed by atoms with E-state index in [-0.39, 0.29) is 23.8 Å². The number of halogens is 2. The van der Waals surface area contributed by atoms with E-state index >= 15 is 0 Å². The maximum absolute atomic E-state index is 12.5. The quantitative estimate of drug-likeness (QED) is 0.882. The van der Waals surface area contributed by atoms with Crippen LogP contribution in [0.3, 0.4) is 0 Å². The van der Waals surface area contributed by atoms with E-state index in [9.17, 15) is 9.59 Å². The van der Waals surface area contributed by atoms with Crippen molar-refractivity contribution in [3.8, 4) is 0 Å². The smallest absolute Gasteiger partial charge is 0.244 e. The van der Waals surface area contributed by atoms with Crippen molar-refractivity contribution in [1.82, 2.24) is 10.2 Å². The molecule has 0 saturated carbocycles. The zero-order valence-electron chi connectivity index (χ0n) is 13.4. The molecule has 0 spiro atoms. The number of benzene rings is 1. The summed E-state index contributed by atoms with van der Waals surface area (Å²) in [6, 6.07) is 4.72. The summed E-state index contributed by atoms with van der Waals surface area (Å²) in [5.41, 5.74) is 0.472. The van der Waals surface area contributed by atoms with Crippen molar-refractivity contribution in [3.63, 3.8) is 0 Å². The molecular formula is C16H20Cl2N2O2S. The van der Waals surface area contributed by atoms with E-state index in [2.05, 4.69) is 5.32 Å².